The first-order valence-corrected chi connectivity index (χ1v) is 4.80. The first kappa shape index (κ1) is 11.1. The molecule has 78 valence electrons. The standard InChI is InChI=1S/C11H17FN2/c1-13-9-14(2)7-6-10-4-3-5-11(12)8-10/h3-5,8,13H,6-7,9H2,1-2H3. The van der Waals surface area contributed by atoms with E-state index in [9.17, 15) is 4.39 Å². The Bertz CT molecular complexity index is 276. The molecule has 1 rings (SSSR count). The lowest BCUT2D eigenvalue weighted by Gasteiger charge is -2.15. The van der Waals surface area contributed by atoms with Gasteiger partial charge in [-0.05, 0) is 38.2 Å². The summed E-state index contributed by atoms with van der Waals surface area (Å²) in [5.41, 5.74) is 1.05. The van der Waals surface area contributed by atoms with Crippen LogP contribution >= 0.6 is 0 Å². The maximum atomic E-state index is 12.8. The normalized spacial score (nSPS) is 10.9. The predicted octanol–water partition coefficient (Wildman–Crippen LogP) is 1.48. The minimum absolute atomic E-state index is 0.154. The van der Waals surface area contributed by atoms with E-state index in [0.29, 0.717) is 0 Å². The molecule has 0 unspecified atom stereocenters. The van der Waals surface area contributed by atoms with E-state index in [1.807, 2.05) is 20.2 Å². The van der Waals surface area contributed by atoms with Crippen molar-refractivity contribution in [1.82, 2.24) is 10.2 Å². The molecule has 0 bridgehead atoms. The van der Waals surface area contributed by atoms with Crippen LogP contribution in [-0.4, -0.2) is 32.2 Å². The smallest absolute Gasteiger partial charge is 0.123 e. The number of hydrogen-bond acceptors (Lipinski definition) is 2. The van der Waals surface area contributed by atoms with Crippen LogP contribution in [-0.2, 0) is 6.42 Å². The molecule has 1 N–H and O–H groups in total. The summed E-state index contributed by atoms with van der Waals surface area (Å²) in [5.74, 6) is -0.154. The molecule has 0 amide bonds. The minimum Gasteiger partial charge on any atom is -0.307 e. The van der Waals surface area contributed by atoms with Crippen LogP contribution in [0, 0.1) is 5.82 Å². The fourth-order valence-corrected chi connectivity index (χ4v) is 1.36. The van der Waals surface area contributed by atoms with Gasteiger partial charge in [0.25, 0.3) is 0 Å². The highest BCUT2D eigenvalue weighted by molar-refractivity contribution is 5.16. The highest BCUT2D eigenvalue weighted by atomic mass is 19.1. The Morgan fingerprint density at radius 2 is 2.21 bits per heavy atom. The van der Waals surface area contributed by atoms with E-state index in [-0.39, 0.29) is 5.82 Å². The quantitative estimate of drug-likeness (QED) is 0.718. The van der Waals surface area contributed by atoms with E-state index in [1.165, 1.54) is 6.07 Å². The van der Waals surface area contributed by atoms with Gasteiger partial charge in [0.1, 0.15) is 5.82 Å². The SMILES string of the molecule is CNCN(C)CCc1cccc(F)c1. The summed E-state index contributed by atoms with van der Waals surface area (Å²) < 4.78 is 12.8. The third-order valence-corrected chi connectivity index (χ3v) is 2.10. The molecule has 0 aromatic heterocycles. The average molecular weight is 196 g/mol. The van der Waals surface area contributed by atoms with Gasteiger partial charge in [0.2, 0.25) is 0 Å². The fraction of sp³-hybridized carbons (Fsp3) is 0.455. The first-order chi connectivity index (χ1) is 6.72. The zero-order valence-corrected chi connectivity index (χ0v) is 8.76. The summed E-state index contributed by atoms with van der Waals surface area (Å²) in [6.45, 7) is 1.79. The van der Waals surface area contributed by atoms with Gasteiger partial charge < -0.3 is 5.32 Å². The second-order valence-corrected chi connectivity index (χ2v) is 3.47. The summed E-state index contributed by atoms with van der Waals surface area (Å²) in [4.78, 5) is 2.16. The number of rotatable bonds is 5. The topological polar surface area (TPSA) is 15.3 Å². The van der Waals surface area contributed by atoms with Crippen LogP contribution < -0.4 is 5.32 Å². The summed E-state index contributed by atoms with van der Waals surface area (Å²) >= 11 is 0. The summed E-state index contributed by atoms with van der Waals surface area (Å²) in [7, 11) is 3.95. The fourth-order valence-electron chi connectivity index (χ4n) is 1.36. The second kappa shape index (κ2) is 5.73. The Morgan fingerprint density at radius 3 is 2.86 bits per heavy atom. The molecule has 0 radical (unpaired) electrons. The summed E-state index contributed by atoms with van der Waals surface area (Å²) in [6.07, 6.45) is 0.885. The van der Waals surface area contributed by atoms with Crippen molar-refractivity contribution in [3.05, 3.63) is 35.6 Å². The average Bonchev–Trinajstić information content (AvgIpc) is 2.15. The number of benzene rings is 1. The second-order valence-electron chi connectivity index (χ2n) is 3.47. The number of hydrogen-bond donors (Lipinski definition) is 1. The summed E-state index contributed by atoms with van der Waals surface area (Å²) in [6, 6.07) is 6.77. The molecule has 1 aromatic carbocycles. The van der Waals surface area contributed by atoms with Gasteiger partial charge in [0.15, 0.2) is 0 Å². The highest BCUT2D eigenvalue weighted by Crippen LogP contribution is 2.04. The number of halogens is 1. The zero-order chi connectivity index (χ0) is 10.4. The maximum Gasteiger partial charge on any atom is 0.123 e. The molecule has 0 aliphatic carbocycles. The van der Waals surface area contributed by atoms with Crippen molar-refractivity contribution in [2.75, 3.05) is 27.3 Å². The van der Waals surface area contributed by atoms with Crippen LogP contribution in [0.25, 0.3) is 0 Å². The third kappa shape index (κ3) is 3.85. The van der Waals surface area contributed by atoms with Crippen molar-refractivity contribution in [1.29, 1.82) is 0 Å². The van der Waals surface area contributed by atoms with E-state index in [4.69, 9.17) is 0 Å². The largest absolute Gasteiger partial charge is 0.307 e. The van der Waals surface area contributed by atoms with Crippen molar-refractivity contribution >= 4 is 0 Å². The van der Waals surface area contributed by atoms with Gasteiger partial charge in [-0.25, -0.2) is 4.39 Å². The number of nitrogens with one attached hydrogen (secondary N) is 1. The summed E-state index contributed by atoms with van der Waals surface area (Å²) in [5, 5.41) is 3.07. The molecule has 14 heavy (non-hydrogen) atoms. The minimum atomic E-state index is -0.154. The molecular formula is C11H17FN2. The third-order valence-electron chi connectivity index (χ3n) is 2.10. The van der Waals surface area contributed by atoms with E-state index in [0.717, 1.165) is 25.2 Å². The molecule has 0 aliphatic rings. The van der Waals surface area contributed by atoms with Gasteiger partial charge >= 0.3 is 0 Å². The lowest BCUT2D eigenvalue weighted by atomic mass is 10.1. The van der Waals surface area contributed by atoms with E-state index < -0.39 is 0 Å². The van der Waals surface area contributed by atoms with Crippen molar-refractivity contribution in [2.24, 2.45) is 0 Å². The van der Waals surface area contributed by atoms with Crippen molar-refractivity contribution in [3.63, 3.8) is 0 Å². The molecular weight excluding hydrogens is 179 g/mol. The monoisotopic (exact) mass is 196 g/mol. The molecule has 3 heteroatoms. The molecule has 0 atom stereocenters. The van der Waals surface area contributed by atoms with Crippen LogP contribution in [0.2, 0.25) is 0 Å². The van der Waals surface area contributed by atoms with Gasteiger partial charge in [-0.3, -0.25) is 4.90 Å². The van der Waals surface area contributed by atoms with Gasteiger partial charge in [0, 0.05) is 13.2 Å². The van der Waals surface area contributed by atoms with Crippen LogP contribution in [0.4, 0.5) is 4.39 Å². The van der Waals surface area contributed by atoms with E-state index in [2.05, 4.69) is 10.2 Å². The predicted molar refractivity (Wildman–Crippen MR) is 56.7 cm³/mol. The lowest BCUT2D eigenvalue weighted by molar-refractivity contribution is 0.321. The molecule has 0 fully saturated rings. The van der Waals surface area contributed by atoms with Crippen LogP contribution in [0.1, 0.15) is 5.56 Å². The molecule has 1 aromatic rings. The molecule has 0 saturated carbocycles. The molecule has 0 spiro atoms. The Kier molecular flexibility index (Phi) is 4.56. The molecule has 0 heterocycles. The van der Waals surface area contributed by atoms with Crippen LogP contribution in [0.15, 0.2) is 24.3 Å². The Labute approximate surface area is 84.7 Å². The number of likely N-dealkylation sites (N-methyl/N-ethyl adjacent to an activating group) is 1. The van der Waals surface area contributed by atoms with E-state index >= 15 is 0 Å². The van der Waals surface area contributed by atoms with Crippen molar-refractivity contribution in [3.8, 4) is 0 Å². The molecule has 0 saturated heterocycles. The lowest BCUT2D eigenvalue weighted by Crippen LogP contribution is -2.30. The van der Waals surface area contributed by atoms with Gasteiger partial charge in [-0.15, -0.1) is 0 Å². The maximum absolute atomic E-state index is 12.8. The number of nitrogens with zero attached hydrogens (tertiary/aromatic N) is 1. The van der Waals surface area contributed by atoms with Crippen molar-refractivity contribution < 1.29 is 4.39 Å². The highest BCUT2D eigenvalue weighted by Gasteiger charge is 1.98. The van der Waals surface area contributed by atoms with Gasteiger partial charge in [0.05, 0.1) is 0 Å². The Morgan fingerprint density at radius 1 is 1.43 bits per heavy atom. The van der Waals surface area contributed by atoms with Gasteiger partial charge in [-0.1, -0.05) is 12.1 Å². The van der Waals surface area contributed by atoms with Crippen molar-refractivity contribution in [2.45, 2.75) is 6.42 Å². The first-order valence-electron chi connectivity index (χ1n) is 4.80. The Balaban J connectivity index is 2.37. The van der Waals surface area contributed by atoms with Crippen LogP contribution in [0.3, 0.4) is 0 Å². The van der Waals surface area contributed by atoms with Gasteiger partial charge in [-0.2, -0.15) is 0 Å². The zero-order valence-electron chi connectivity index (χ0n) is 8.76. The molecule has 2 nitrogen and oxygen atoms in total. The van der Waals surface area contributed by atoms with Crippen LogP contribution in [0.5, 0.6) is 0 Å². The Hall–Kier alpha value is -0.930. The molecule has 0 aliphatic heterocycles. The van der Waals surface area contributed by atoms with E-state index in [1.54, 1.807) is 12.1 Å².